The van der Waals surface area contributed by atoms with Crippen LogP contribution in [0.25, 0.3) is 0 Å². The van der Waals surface area contributed by atoms with Crippen molar-refractivity contribution in [1.82, 2.24) is 5.32 Å². The van der Waals surface area contributed by atoms with Gasteiger partial charge in [0.1, 0.15) is 5.60 Å². The number of aliphatic hydroxyl groups excluding tert-OH is 1. The zero-order chi connectivity index (χ0) is 21.8. The molecular weight excluding hydrogens is 401 g/mol. The van der Waals surface area contributed by atoms with E-state index in [1.54, 1.807) is 45.0 Å². The number of allylic oxidation sites excluding steroid dienone is 1. The van der Waals surface area contributed by atoms with Gasteiger partial charge in [0.2, 0.25) is 0 Å². The third kappa shape index (κ3) is 6.27. The standard InChI is InChI=1S/C20H25ClFN3O4/c1-19(2,3)29-18(28)25-17(27)20(22)8-7-14(15(23)11-26)16(10-20)24-13-6-4-5-12(21)9-13/h4-6,9,26H,7-8,10-11,23H2,1-3H3,(H,25,27,28)/b15-14-,24-16?. The van der Waals surface area contributed by atoms with Crippen molar-refractivity contribution in [3.63, 3.8) is 0 Å². The Morgan fingerprint density at radius 1 is 1.41 bits per heavy atom. The van der Waals surface area contributed by atoms with Crippen molar-refractivity contribution in [1.29, 1.82) is 0 Å². The molecule has 1 fully saturated rings. The molecule has 2 rings (SSSR count). The SMILES string of the molecule is CC(C)(C)OC(=O)NC(=O)C1(F)CC/C(=C(/N)CO)C(=Nc2cccc(Cl)c2)C1. The monoisotopic (exact) mass is 425 g/mol. The van der Waals surface area contributed by atoms with Crippen LogP contribution in [0.15, 0.2) is 40.5 Å². The first-order chi connectivity index (χ1) is 13.4. The number of nitrogens with one attached hydrogen (secondary N) is 1. The molecular formula is C20H25ClFN3O4. The largest absolute Gasteiger partial charge is 0.444 e. The number of ether oxygens (including phenoxy) is 1. The minimum atomic E-state index is -2.38. The van der Waals surface area contributed by atoms with Gasteiger partial charge in [0, 0.05) is 22.9 Å². The molecule has 2 amide bonds. The van der Waals surface area contributed by atoms with Crippen molar-refractivity contribution < 1.29 is 23.8 Å². The number of alkyl carbamates (subject to hydrolysis) is 1. The predicted octanol–water partition coefficient (Wildman–Crippen LogP) is 3.56. The summed E-state index contributed by atoms with van der Waals surface area (Å²) in [5, 5.41) is 11.8. The van der Waals surface area contributed by atoms with Gasteiger partial charge in [-0.25, -0.2) is 9.18 Å². The van der Waals surface area contributed by atoms with Gasteiger partial charge in [-0.05, 0) is 57.4 Å². The van der Waals surface area contributed by atoms with E-state index in [-0.39, 0.29) is 24.3 Å². The minimum absolute atomic E-state index is 0.0734. The molecule has 0 radical (unpaired) electrons. The van der Waals surface area contributed by atoms with E-state index in [2.05, 4.69) is 4.99 Å². The maximum absolute atomic E-state index is 15.5. The van der Waals surface area contributed by atoms with Crippen LogP contribution in [0.2, 0.25) is 5.02 Å². The molecule has 7 nitrogen and oxygen atoms in total. The average Bonchev–Trinajstić information content (AvgIpc) is 2.59. The fourth-order valence-corrected chi connectivity index (χ4v) is 3.06. The van der Waals surface area contributed by atoms with Gasteiger partial charge in [-0.1, -0.05) is 17.7 Å². The van der Waals surface area contributed by atoms with Crippen LogP contribution in [0.1, 0.15) is 40.0 Å². The number of hydrogen-bond donors (Lipinski definition) is 3. The van der Waals surface area contributed by atoms with E-state index in [0.717, 1.165) is 0 Å². The van der Waals surface area contributed by atoms with Gasteiger partial charge >= 0.3 is 6.09 Å². The summed E-state index contributed by atoms with van der Waals surface area (Å²) in [7, 11) is 0. The van der Waals surface area contributed by atoms with Crippen molar-refractivity contribution in [2.24, 2.45) is 10.7 Å². The average molecular weight is 426 g/mol. The molecule has 0 bridgehead atoms. The topological polar surface area (TPSA) is 114 Å². The number of carbonyl (C=O) groups is 2. The minimum Gasteiger partial charge on any atom is -0.444 e. The Hall–Kier alpha value is -2.45. The van der Waals surface area contributed by atoms with E-state index in [4.69, 9.17) is 22.1 Å². The fourth-order valence-electron chi connectivity index (χ4n) is 2.88. The second-order valence-electron chi connectivity index (χ2n) is 7.80. The highest BCUT2D eigenvalue weighted by atomic mass is 35.5. The number of nitrogens with zero attached hydrogens (tertiary/aromatic N) is 1. The van der Waals surface area contributed by atoms with Crippen LogP contribution in [0.3, 0.4) is 0 Å². The molecule has 4 N–H and O–H groups in total. The molecule has 0 aromatic heterocycles. The van der Waals surface area contributed by atoms with Crippen molar-refractivity contribution in [2.75, 3.05) is 6.61 Å². The van der Waals surface area contributed by atoms with E-state index in [1.165, 1.54) is 0 Å². The lowest BCUT2D eigenvalue weighted by atomic mass is 9.80. The number of halogens is 2. The molecule has 0 saturated heterocycles. The summed E-state index contributed by atoms with van der Waals surface area (Å²) in [5.74, 6) is -1.10. The summed E-state index contributed by atoms with van der Waals surface area (Å²) in [6, 6.07) is 6.59. The van der Waals surface area contributed by atoms with Crippen LogP contribution in [-0.2, 0) is 9.53 Å². The highest BCUT2D eigenvalue weighted by Gasteiger charge is 2.45. The van der Waals surface area contributed by atoms with Gasteiger partial charge in [0.25, 0.3) is 5.91 Å². The lowest BCUT2D eigenvalue weighted by Gasteiger charge is -2.31. The van der Waals surface area contributed by atoms with Crippen molar-refractivity contribution in [3.05, 3.63) is 40.6 Å². The number of aliphatic imine (C=N–C) groups is 1. The number of carbonyl (C=O) groups excluding carboxylic acids is 2. The molecule has 0 aliphatic heterocycles. The van der Waals surface area contributed by atoms with Gasteiger partial charge in [-0.3, -0.25) is 15.1 Å². The molecule has 158 valence electrons. The van der Waals surface area contributed by atoms with Gasteiger partial charge < -0.3 is 15.6 Å². The van der Waals surface area contributed by atoms with Crippen LogP contribution in [0.4, 0.5) is 14.9 Å². The number of alkyl halides is 1. The Morgan fingerprint density at radius 3 is 2.69 bits per heavy atom. The van der Waals surface area contributed by atoms with E-state index in [1.807, 2.05) is 5.32 Å². The van der Waals surface area contributed by atoms with Crippen molar-refractivity contribution >= 4 is 35.0 Å². The van der Waals surface area contributed by atoms with Crippen LogP contribution >= 0.6 is 11.6 Å². The van der Waals surface area contributed by atoms with Crippen LogP contribution < -0.4 is 11.1 Å². The number of imide groups is 1. The molecule has 1 aliphatic carbocycles. The summed E-state index contributed by atoms with van der Waals surface area (Å²) in [6.45, 7) is 4.47. The molecule has 1 aromatic carbocycles. The highest BCUT2D eigenvalue weighted by Crippen LogP contribution is 2.36. The van der Waals surface area contributed by atoms with E-state index < -0.39 is 36.3 Å². The van der Waals surface area contributed by atoms with Crippen molar-refractivity contribution in [2.45, 2.75) is 51.3 Å². The first kappa shape index (κ1) is 22.8. The number of hydrogen-bond acceptors (Lipinski definition) is 6. The Kier molecular flexibility index (Phi) is 7.02. The molecule has 1 unspecified atom stereocenters. The molecule has 0 spiro atoms. The lowest BCUT2D eigenvalue weighted by molar-refractivity contribution is -0.132. The second-order valence-corrected chi connectivity index (χ2v) is 8.23. The third-order valence-electron chi connectivity index (χ3n) is 4.22. The zero-order valence-corrected chi connectivity index (χ0v) is 17.3. The molecule has 0 heterocycles. The fraction of sp³-hybridized carbons (Fsp3) is 0.450. The van der Waals surface area contributed by atoms with Gasteiger partial charge in [0.05, 0.1) is 12.3 Å². The second kappa shape index (κ2) is 8.92. The first-order valence-electron chi connectivity index (χ1n) is 9.09. The zero-order valence-electron chi connectivity index (χ0n) is 16.6. The third-order valence-corrected chi connectivity index (χ3v) is 4.45. The van der Waals surface area contributed by atoms with Gasteiger partial charge in [-0.15, -0.1) is 0 Å². The predicted molar refractivity (Wildman–Crippen MR) is 109 cm³/mol. The quantitative estimate of drug-likeness (QED) is 0.685. The van der Waals surface area contributed by atoms with Gasteiger partial charge in [-0.2, -0.15) is 0 Å². The molecule has 29 heavy (non-hydrogen) atoms. The number of nitrogens with two attached hydrogens (primary N) is 1. The summed E-state index contributed by atoms with van der Waals surface area (Å²) >= 11 is 5.97. The molecule has 1 aromatic rings. The molecule has 9 heteroatoms. The summed E-state index contributed by atoms with van der Waals surface area (Å²) in [5.41, 5.74) is 3.95. The molecule has 1 aliphatic rings. The number of benzene rings is 1. The van der Waals surface area contributed by atoms with E-state index in [0.29, 0.717) is 16.3 Å². The van der Waals surface area contributed by atoms with Crippen LogP contribution in [0.5, 0.6) is 0 Å². The number of aliphatic hydroxyl groups is 1. The molecule has 1 atom stereocenters. The Bertz CT molecular complexity index is 864. The number of amides is 2. The summed E-state index contributed by atoms with van der Waals surface area (Å²) in [4.78, 5) is 28.7. The normalized spacial score (nSPS) is 22.9. The highest BCUT2D eigenvalue weighted by molar-refractivity contribution is 6.30. The first-order valence-corrected chi connectivity index (χ1v) is 9.46. The van der Waals surface area contributed by atoms with E-state index in [9.17, 15) is 14.7 Å². The maximum atomic E-state index is 15.5. The van der Waals surface area contributed by atoms with Crippen LogP contribution in [-0.4, -0.2) is 40.7 Å². The van der Waals surface area contributed by atoms with Crippen LogP contribution in [0, 0.1) is 0 Å². The summed E-state index contributed by atoms with van der Waals surface area (Å²) < 4.78 is 20.5. The lowest BCUT2D eigenvalue weighted by Crippen LogP contribution is -2.50. The maximum Gasteiger partial charge on any atom is 0.414 e. The molecule has 1 saturated carbocycles. The Morgan fingerprint density at radius 2 is 2.10 bits per heavy atom. The summed E-state index contributed by atoms with van der Waals surface area (Å²) in [6.07, 6.45) is -1.58. The van der Waals surface area contributed by atoms with E-state index >= 15 is 4.39 Å². The van der Waals surface area contributed by atoms with Gasteiger partial charge in [0.15, 0.2) is 5.67 Å². The Balaban J connectivity index is 2.31. The number of rotatable bonds is 3. The smallest absolute Gasteiger partial charge is 0.414 e. The van der Waals surface area contributed by atoms with Crippen molar-refractivity contribution in [3.8, 4) is 0 Å². The Labute approximate surface area is 173 Å².